The largest absolute Gasteiger partial charge is 0.366 e. The summed E-state index contributed by atoms with van der Waals surface area (Å²) in [5.74, 6) is -0.457. The van der Waals surface area contributed by atoms with Gasteiger partial charge in [0, 0.05) is 0 Å². The topological polar surface area (TPSA) is 69.7 Å². The number of ether oxygens (including phenoxy) is 1. The standard InChI is InChI=1S/C7H10O5S/c1-2-6(8)3-11-7-4-12-13(9,10)5-7/h2,7H,1,3-5H2. The van der Waals surface area contributed by atoms with Crippen molar-refractivity contribution in [3.63, 3.8) is 0 Å². The molecule has 0 radical (unpaired) electrons. The zero-order valence-electron chi connectivity index (χ0n) is 6.93. The molecule has 1 atom stereocenters. The molecular formula is C7H10O5S. The molecule has 0 bridgehead atoms. The third kappa shape index (κ3) is 3.25. The third-order valence-electron chi connectivity index (χ3n) is 1.51. The van der Waals surface area contributed by atoms with E-state index in [9.17, 15) is 13.2 Å². The number of rotatable bonds is 4. The molecule has 0 spiro atoms. The molecule has 0 aromatic heterocycles. The fourth-order valence-electron chi connectivity index (χ4n) is 0.859. The molecule has 5 nitrogen and oxygen atoms in total. The van der Waals surface area contributed by atoms with Crippen LogP contribution in [0.15, 0.2) is 12.7 Å². The first-order chi connectivity index (χ1) is 6.03. The van der Waals surface area contributed by atoms with Crippen molar-refractivity contribution in [1.82, 2.24) is 0 Å². The molecule has 0 aromatic carbocycles. The minimum Gasteiger partial charge on any atom is -0.366 e. The van der Waals surface area contributed by atoms with Gasteiger partial charge in [-0.25, -0.2) is 0 Å². The van der Waals surface area contributed by atoms with Gasteiger partial charge >= 0.3 is 0 Å². The van der Waals surface area contributed by atoms with Gasteiger partial charge in [-0.15, -0.1) is 0 Å². The van der Waals surface area contributed by atoms with E-state index in [1.165, 1.54) is 0 Å². The fraction of sp³-hybridized carbons (Fsp3) is 0.571. The molecule has 0 N–H and O–H groups in total. The Kier molecular flexibility index (Phi) is 3.18. The van der Waals surface area contributed by atoms with Crippen LogP contribution in [0.5, 0.6) is 0 Å². The third-order valence-corrected chi connectivity index (χ3v) is 2.79. The van der Waals surface area contributed by atoms with Crippen LogP contribution in [0.3, 0.4) is 0 Å². The molecule has 1 heterocycles. The minimum atomic E-state index is -3.41. The second-order valence-corrected chi connectivity index (χ2v) is 4.30. The molecule has 1 fully saturated rings. The quantitative estimate of drug-likeness (QED) is 0.457. The maximum Gasteiger partial charge on any atom is 0.270 e. The van der Waals surface area contributed by atoms with Crippen molar-refractivity contribution in [1.29, 1.82) is 0 Å². The van der Waals surface area contributed by atoms with Gasteiger partial charge in [-0.3, -0.25) is 8.98 Å². The Morgan fingerprint density at radius 3 is 2.85 bits per heavy atom. The molecule has 1 unspecified atom stereocenters. The van der Waals surface area contributed by atoms with Crippen molar-refractivity contribution in [3.8, 4) is 0 Å². The van der Waals surface area contributed by atoms with Crippen LogP contribution < -0.4 is 0 Å². The zero-order valence-corrected chi connectivity index (χ0v) is 7.75. The average molecular weight is 206 g/mol. The van der Waals surface area contributed by atoms with Crippen LogP contribution >= 0.6 is 0 Å². The van der Waals surface area contributed by atoms with Gasteiger partial charge < -0.3 is 4.74 Å². The van der Waals surface area contributed by atoms with Gasteiger partial charge in [-0.1, -0.05) is 6.58 Å². The highest BCUT2D eigenvalue weighted by atomic mass is 32.2. The summed E-state index contributed by atoms with van der Waals surface area (Å²) >= 11 is 0. The molecule has 1 aliphatic rings. The van der Waals surface area contributed by atoms with Gasteiger partial charge in [0.2, 0.25) is 0 Å². The van der Waals surface area contributed by atoms with Crippen molar-refractivity contribution in [2.75, 3.05) is 19.0 Å². The SMILES string of the molecule is C=CC(=O)COC1COS(=O)(=O)C1. The van der Waals surface area contributed by atoms with E-state index < -0.39 is 16.2 Å². The van der Waals surface area contributed by atoms with E-state index in [1.807, 2.05) is 0 Å². The summed E-state index contributed by atoms with van der Waals surface area (Å²) in [6, 6.07) is 0. The number of hydrogen-bond acceptors (Lipinski definition) is 5. The Bertz CT molecular complexity index is 305. The second kappa shape index (κ2) is 3.99. The van der Waals surface area contributed by atoms with Crippen molar-refractivity contribution in [2.24, 2.45) is 0 Å². The summed E-state index contributed by atoms with van der Waals surface area (Å²) in [5.41, 5.74) is 0. The van der Waals surface area contributed by atoms with Gasteiger partial charge in [0.15, 0.2) is 5.78 Å². The van der Waals surface area contributed by atoms with E-state index in [4.69, 9.17) is 4.74 Å². The predicted octanol–water partition coefficient (Wildman–Crippen LogP) is -0.513. The van der Waals surface area contributed by atoms with Crippen LogP contribution in [-0.4, -0.2) is 39.3 Å². The molecule has 74 valence electrons. The fourth-order valence-corrected chi connectivity index (χ4v) is 1.96. The van der Waals surface area contributed by atoms with Crippen LogP contribution in [-0.2, 0) is 23.8 Å². The molecule has 0 saturated carbocycles. The van der Waals surface area contributed by atoms with Gasteiger partial charge in [0.1, 0.15) is 12.4 Å². The van der Waals surface area contributed by atoms with Gasteiger partial charge in [-0.05, 0) is 6.08 Å². The molecule has 1 rings (SSSR count). The van der Waals surface area contributed by atoms with Crippen molar-refractivity contribution in [3.05, 3.63) is 12.7 Å². The number of carbonyl (C=O) groups excluding carboxylic acids is 1. The summed E-state index contributed by atoms with van der Waals surface area (Å²) in [4.78, 5) is 10.7. The molecule has 0 amide bonds. The Hall–Kier alpha value is -0.720. The van der Waals surface area contributed by atoms with Crippen LogP contribution in [0, 0.1) is 0 Å². The molecule has 1 saturated heterocycles. The van der Waals surface area contributed by atoms with E-state index >= 15 is 0 Å². The Balaban J connectivity index is 2.33. The highest BCUT2D eigenvalue weighted by Gasteiger charge is 2.29. The molecular weight excluding hydrogens is 196 g/mol. The summed E-state index contributed by atoms with van der Waals surface area (Å²) in [6.07, 6.45) is 0.596. The van der Waals surface area contributed by atoms with Crippen molar-refractivity contribution >= 4 is 15.9 Å². The average Bonchev–Trinajstić information content (AvgIpc) is 2.41. The molecule has 13 heavy (non-hydrogen) atoms. The van der Waals surface area contributed by atoms with E-state index in [2.05, 4.69) is 10.8 Å². The van der Waals surface area contributed by atoms with E-state index in [0.29, 0.717) is 0 Å². The van der Waals surface area contributed by atoms with Gasteiger partial charge in [-0.2, -0.15) is 8.42 Å². The monoisotopic (exact) mass is 206 g/mol. The minimum absolute atomic E-state index is 0.00719. The van der Waals surface area contributed by atoms with E-state index in [-0.39, 0.29) is 24.7 Å². The molecule has 0 aliphatic carbocycles. The lowest BCUT2D eigenvalue weighted by atomic mass is 10.4. The first-order valence-corrected chi connectivity index (χ1v) is 5.25. The summed E-state index contributed by atoms with van der Waals surface area (Å²) in [5, 5.41) is 0. The number of carbonyl (C=O) groups is 1. The second-order valence-electron chi connectivity index (χ2n) is 2.61. The normalized spacial score (nSPS) is 25.7. The van der Waals surface area contributed by atoms with Crippen molar-refractivity contribution in [2.45, 2.75) is 6.10 Å². The van der Waals surface area contributed by atoms with Gasteiger partial charge in [0.05, 0.1) is 12.7 Å². The zero-order chi connectivity index (χ0) is 9.90. The molecule has 0 aromatic rings. The summed E-state index contributed by atoms with van der Waals surface area (Å²) in [7, 11) is -3.41. The Morgan fingerprint density at radius 2 is 2.38 bits per heavy atom. The lowest BCUT2D eigenvalue weighted by Crippen LogP contribution is -2.20. The summed E-state index contributed by atoms with van der Waals surface area (Å²) < 4.78 is 30.9. The smallest absolute Gasteiger partial charge is 0.270 e. The highest BCUT2D eigenvalue weighted by molar-refractivity contribution is 7.87. The molecule has 6 heteroatoms. The highest BCUT2D eigenvalue weighted by Crippen LogP contribution is 2.11. The van der Waals surface area contributed by atoms with E-state index in [0.717, 1.165) is 6.08 Å². The Labute approximate surface area is 76.5 Å². The lowest BCUT2D eigenvalue weighted by Gasteiger charge is -2.04. The number of hydrogen-bond donors (Lipinski definition) is 0. The molecule has 1 aliphatic heterocycles. The van der Waals surface area contributed by atoms with E-state index in [1.54, 1.807) is 0 Å². The van der Waals surface area contributed by atoms with Crippen LogP contribution in [0.4, 0.5) is 0 Å². The Morgan fingerprint density at radius 1 is 1.69 bits per heavy atom. The van der Waals surface area contributed by atoms with Gasteiger partial charge in [0.25, 0.3) is 10.1 Å². The first kappa shape index (κ1) is 10.4. The predicted molar refractivity (Wildman–Crippen MR) is 44.7 cm³/mol. The number of ketones is 1. The van der Waals surface area contributed by atoms with Crippen LogP contribution in [0.2, 0.25) is 0 Å². The lowest BCUT2D eigenvalue weighted by molar-refractivity contribution is -0.120. The first-order valence-electron chi connectivity index (χ1n) is 3.67. The van der Waals surface area contributed by atoms with Crippen LogP contribution in [0.25, 0.3) is 0 Å². The maximum atomic E-state index is 10.7. The summed E-state index contributed by atoms with van der Waals surface area (Å²) in [6.45, 7) is 3.10. The maximum absolute atomic E-state index is 10.7. The van der Waals surface area contributed by atoms with Crippen LogP contribution in [0.1, 0.15) is 0 Å². The van der Waals surface area contributed by atoms with Crippen molar-refractivity contribution < 1.29 is 22.1 Å².